The van der Waals surface area contributed by atoms with Gasteiger partial charge < -0.3 is 10.2 Å². The lowest BCUT2D eigenvalue weighted by molar-refractivity contribution is 0.0685. The number of benzene rings is 2. The Morgan fingerprint density at radius 2 is 1.52 bits per heavy atom. The Balaban J connectivity index is 0.000000231. The number of nitriles is 2. The summed E-state index contributed by atoms with van der Waals surface area (Å²) in [5.74, 6) is -1.97. The van der Waals surface area contributed by atoms with Gasteiger partial charge in [-0.3, -0.25) is 0 Å². The summed E-state index contributed by atoms with van der Waals surface area (Å²) in [6.07, 6.45) is 0. The van der Waals surface area contributed by atoms with Gasteiger partial charge in [-0.15, -0.1) is 0 Å². The van der Waals surface area contributed by atoms with Crippen molar-refractivity contribution in [3.8, 4) is 12.1 Å². The minimum Gasteiger partial charge on any atom is -0.478 e. The molecule has 0 fully saturated rings. The molecule has 0 heterocycles. The molecule has 23 heavy (non-hydrogen) atoms. The Morgan fingerprint density at radius 3 is 1.96 bits per heavy atom. The zero-order valence-corrected chi connectivity index (χ0v) is 12.1. The van der Waals surface area contributed by atoms with Crippen molar-refractivity contribution in [1.82, 2.24) is 0 Å². The van der Waals surface area contributed by atoms with Crippen molar-refractivity contribution in [3.63, 3.8) is 0 Å². The molecule has 0 aliphatic heterocycles. The molecule has 6 heteroatoms. The Labute approximate surface area is 132 Å². The second kappa shape index (κ2) is 7.96. The van der Waals surface area contributed by atoms with Crippen molar-refractivity contribution >= 4 is 11.9 Å². The summed E-state index contributed by atoms with van der Waals surface area (Å²) >= 11 is 0. The first-order chi connectivity index (χ1) is 10.9. The number of aromatic carboxylic acids is 2. The molecule has 0 saturated carbocycles. The van der Waals surface area contributed by atoms with Crippen molar-refractivity contribution in [2.75, 3.05) is 0 Å². The first-order valence-corrected chi connectivity index (χ1v) is 6.37. The largest absolute Gasteiger partial charge is 0.478 e. The molecule has 0 spiro atoms. The summed E-state index contributed by atoms with van der Waals surface area (Å²) < 4.78 is 0. The monoisotopic (exact) mass is 308 g/mol. The van der Waals surface area contributed by atoms with Gasteiger partial charge >= 0.3 is 11.9 Å². The predicted octanol–water partition coefficient (Wildman–Crippen LogP) is 2.82. The van der Waals surface area contributed by atoms with E-state index in [1.165, 1.54) is 30.3 Å². The minimum atomic E-state index is -0.996. The van der Waals surface area contributed by atoms with Gasteiger partial charge in [0.05, 0.1) is 34.4 Å². The van der Waals surface area contributed by atoms with E-state index in [2.05, 4.69) is 0 Å². The summed E-state index contributed by atoms with van der Waals surface area (Å²) in [5.41, 5.74) is 1.79. The first kappa shape index (κ1) is 17.4. The molecule has 2 rings (SSSR count). The number of carboxylic acid groups (broad SMARTS) is 2. The third kappa shape index (κ3) is 4.69. The lowest BCUT2D eigenvalue weighted by Crippen LogP contribution is -2.00. The molecular formula is C17H12N2O4. The maximum Gasteiger partial charge on any atom is 0.335 e. The lowest BCUT2D eigenvalue weighted by atomic mass is 10.0. The van der Waals surface area contributed by atoms with Crippen LogP contribution in [-0.4, -0.2) is 22.2 Å². The van der Waals surface area contributed by atoms with Gasteiger partial charge in [0.15, 0.2) is 0 Å². The molecule has 0 saturated heterocycles. The number of carbonyl (C=O) groups is 2. The van der Waals surface area contributed by atoms with E-state index < -0.39 is 11.9 Å². The van der Waals surface area contributed by atoms with Gasteiger partial charge in [0, 0.05) is 0 Å². The molecule has 0 aliphatic rings. The molecule has 0 radical (unpaired) electrons. The highest BCUT2D eigenvalue weighted by atomic mass is 16.4. The molecule has 2 aromatic carbocycles. The van der Waals surface area contributed by atoms with Crippen LogP contribution in [0.2, 0.25) is 0 Å². The van der Waals surface area contributed by atoms with Crippen LogP contribution < -0.4 is 0 Å². The van der Waals surface area contributed by atoms with E-state index in [4.69, 9.17) is 20.7 Å². The highest BCUT2D eigenvalue weighted by Gasteiger charge is 2.08. The fourth-order valence-electron chi connectivity index (χ4n) is 1.68. The van der Waals surface area contributed by atoms with Crippen molar-refractivity contribution < 1.29 is 19.8 Å². The summed E-state index contributed by atoms with van der Waals surface area (Å²) in [6.45, 7) is 1.63. The number of carboxylic acids is 2. The van der Waals surface area contributed by atoms with Crippen LogP contribution in [0.25, 0.3) is 0 Å². The SMILES string of the molecule is Cc1c(C#N)cccc1C(=O)O.N#Cc1ccc(C(=O)O)cc1. The summed E-state index contributed by atoms with van der Waals surface area (Å²) in [6, 6.07) is 14.2. The molecule has 0 aliphatic carbocycles. The molecular weight excluding hydrogens is 296 g/mol. The smallest absolute Gasteiger partial charge is 0.335 e. The van der Waals surface area contributed by atoms with Crippen LogP contribution in [0, 0.1) is 29.6 Å². The molecule has 0 bridgehead atoms. The molecule has 114 valence electrons. The van der Waals surface area contributed by atoms with E-state index in [1.54, 1.807) is 19.1 Å². The van der Waals surface area contributed by atoms with Crippen LogP contribution >= 0.6 is 0 Å². The van der Waals surface area contributed by atoms with Crippen LogP contribution in [0.5, 0.6) is 0 Å². The van der Waals surface area contributed by atoms with Gasteiger partial charge in [0.2, 0.25) is 0 Å². The van der Waals surface area contributed by atoms with Crippen molar-refractivity contribution in [2.24, 2.45) is 0 Å². The van der Waals surface area contributed by atoms with Crippen LogP contribution in [0.4, 0.5) is 0 Å². The Kier molecular flexibility index (Phi) is 6.03. The molecule has 0 aromatic heterocycles. The maximum atomic E-state index is 10.6. The zero-order chi connectivity index (χ0) is 17.4. The van der Waals surface area contributed by atoms with Crippen LogP contribution in [-0.2, 0) is 0 Å². The number of rotatable bonds is 2. The molecule has 0 unspecified atom stereocenters. The normalized spacial score (nSPS) is 8.83. The minimum absolute atomic E-state index is 0.189. The number of nitrogens with zero attached hydrogens (tertiary/aromatic N) is 2. The van der Waals surface area contributed by atoms with E-state index in [1.807, 2.05) is 12.1 Å². The third-order valence-electron chi connectivity index (χ3n) is 2.95. The number of hydrogen-bond donors (Lipinski definition) is 2. The second-order valence-corrected chi connectivity index (χ2v) is 4.39. The van der Waals surface area contributed by atoms with E-state index in [0.29, 0.717) is 16.7 Å². The average molecular weight is 308 g/mol. The van der Waals surface area contributed by atoms with E-state index in [0.717, 1.165) is 0 Å². The molecule has 0 atom stereocenters. The van der Waals surface area contributed by atoms with Gasteiger partial charge in [-0.2, -0.15) is 10.5 Å². The fraction of sp³-hybridized carbons (Fsp3) is 0.0588. The highest BCUT2D eigenvalue weighted by Crippen LogP contribution is 2.12. The summed E-state index contributed by atoms with van der Waals surface area (Å²) in [7, 11) is 0. The van der Waals surface area contributed by atoms with E-state index in [-0.39, 0.29) is 11.1 Å². The van der Waals surface area contributed by atoms with E-state index in [9.17, 15) is 9.59 Å². The third-order valence-corrected chi connectivity index (χ3v) is 2.95. The average Bonchev–Trinajstić information content (AvgIpc) is 2.55. The summed E-state index contributed by atoms with van der Waals surface area (Å²) in [5, 5.41) is 34.1. The molecule has 6 nitrogen and oxygen atoms in total. The first-order valence-electron chi connectivity index (χ1n) is 6.37. The standard InChI is InChI=1S/C9H7NO2.C8H5NO2/c1-6-7(5-10)3-2-4-8(6)9(11)12;9-5-6-1-3-7(4-2-6)8(10)11/h2-4H,1H3,(H,11,12);1-4H,(H,10,11). The Morgan fingerprint density at radius 1 is 0.913 bits per heavy atom. The number of hydrogen-bond acceptors (Lipinski definition) is 4. The van der Waals surface area contributed by atoms with E-state index >= 15 is 0 Å². The van der Waals surface area contributed by atoms with Crippen molar-refractivity contribution in [2.45, 2.75) is 6.92 Å². The van der Waals surface area contributed by atoms with Crippen LogP contribution in [0.15, 0.2) is 42.5 Å². The molecule has 0 amide bonds. The predicted molar refractivity (Wildman–Crippen MR) is 81.0 cm³/mol. The Hall–Kier alpha value is -3.64. The maximum absolute atomic E-state index is 10.6. The second-order valence-electron chi connectivity index (χ2n) is 4.39. The quantitative estimate of drug-likeness (QED) is 0.879. The van der Waals surface area contributed by atoms with Gasteiger partial charge in [-0.1, -0.05) is 6.07 Å². The van der Waals surface area contributed by atoms with Gasteiger partial charge in [-0.25, -0.2) is 9.59 Å². The van der Waals surface area contributed by atoms with Crippen molar-refractivity contribution in [1.29, 1.82) is 10.5 Å². The van der Waals surface area contributed by atoms with Crippen LogP contribution in [0.3, 0.4) is 0 Å². The Bertz CT molecular complexity index is 812. The summed E-state index contributed by atoms with van der Waals surface area (Å²) in [4.78, 5) is 20.9. The highest BCUT2D eigenvalue weighted by molar-refractivity contribution is 5.90. The fourth-order valence-corrected chi connectivity index (χ4v) is 1.68. The van der Waals surface area contributed by atoms with Crippen molar-refractivity contribution in [3.05, 3.63) is 70.3 Å². The topological polar surface area (TPSA) is 122 Å². The van der Waals surface area contributed by atoms with Crippen LogP contribution in [0.1, 0.15) is 37.4 Å². The molecule has 2 N–H and O–H groups in total. The van der Waals surface area contributed by atoms with Gasteiger partial charge in [-0.05, 0) is 48.9 Å². The molecule has 2 aromatic rings. The van der Waals surface area contributed by atoms with Gasteiger partial charge in [0.1, 0.15) is 0 Å². The zero-order valence-electron chi connectivity index (χ0n) is 12.1. The van der Waals surface area contributed by atoms with Gasteiger partial charge in [0.25, 0.3) is 0 Å². The lowest BCUT2D eigenvalue weighted by Gasteiger charge is -2.00.